The predicted octanol–water partition coefficient (Wildman–Crippen LogP) is 3.75. The molecule has 1 saturated carbocycles. The van der Waals surface area contributed by atoms with E-state index in [2.05, 4.69) is 33.0 Å². The first-order valence-electron chi connectivity index (χ1n) is 7.84. The lowest BCUT2D eigenvalue weighted by Crippen LogP contribution is -2.54. The van der Waals surface area contributed by atoms with Gasteiger partial charge in [0.15, 0.2) is 0 Å². The molecule has 1 aliphatic heterocycles. The van der Waals surface area contributed by atoms with Crippen LogP contribution >= 0.6 is 0 Å². The van der Waals surface area contributed by atoms with Crippen molar-refractivity contribution in [2.45, 2.75) is 77.9 Å². The minimum Gasteiger partial charge on any atom is -0.375 e. The highest BCUT2D eigenvalue weighted by molar-refractivity contribution is 4.98. The van der Waals surface area contributed by atoms with E-state index < -0.39 is 0 Å². The van der Waals surface area contributed by atoms with Gasteiger partial charge in [0, 0.05) is 12.6 Å². The zero-order chi connectivity index (χ0) is 13.2. The maximum absolute atomic E-state index is 6.07. The Kier molecular flexibility index (Phi) is 4.38. The van der Waals surface area contributed by atoms with E-state index in [0.29, 0.717) is 11.5 Å². The Balaban J connectivity index is 2.00. The summed E-state index contributed by atoms with van der Waals surface area (Å²) in [5.41, 5.74) is 0.627. The second kappa shape index (κ2) is 5.50. The third-order valence-corrected chi connectivity index (χ3v) is 4.81. The van der Waals surface area contributed by atoms with Crippen molar-refractivity contribution >= 4 is 0 Å². The van der Waals surface area contributed by atoms with Crippen LogP contribution in [0.3, 0.4) is 0 Å². The van der Waals surface area contributed by atoms with Crippen LogP contribution in [0, 0.1) is 11.3 Å². The van der Waals surface area contributed by atoms with Crippen molar-refractivity contribution in [3.8, 4) is 0 Å². The van der Waals surface area contributed by atoms with Gasteiger partial charge in [-0.1, -0.05) is 27.7 Å². The molecule has 2 rings (SSSR count). The van der Waals surface area contributed by atoms with Crippen LogP contribution in [-0.2, 0) is 4.74 Å². The summed E-state index contributed by atoms with van der Waals surface area (Å²) in [4.78, 5) is 0. The quantitative estimate of drug-likeness (QED) is 0.824. The second-order valence-corrected chi connectivity index (χ2v) is 7.44. The number of nitrogens with one attached hydrogen (secondary N) is 1. The van der Waals surface area contributed by atoms with Crippen molar-refractivity contribution in [2.24, 2.45) is 11.3 Å². The first kappa shape index (κ1) is 14.3. The Morgan fingerprint density at radius 1 is 1.33 bits per heavy atom. The van der Waals surface area contributed by atoms with Gasteiger partial charge >= 0.3 is 0 Å². The molecule has 2 atom stereocenters. The van der Waals surface area contributed by atoms with E-state index in [0.717, 1.165) is 19.1 Å². The van der Waals surface area contributed by atoms with Gasteiger partial charge in [0.25, 0.3) is 0 Å². The molecule has 2 heteroatoms. The van der Waals surface area contributed by atoms with Gasteiger partial charge in [0.1, 0.15) is 0 Å². The van der Waals surface area contributed by atoms with Crippen molar-refractivity contribution in [2.75, 3.05) is 13.2 Å². The van der Waals surface area contributed by atoms with Crippen molar-refractivity contribution in [3.05, 3.63) is 0 Å². The molecule has 1 saturated heterocycles. The maximum Gasteiger partial charge on any atom is 0.0685 e. The molecule has 0 amide bonds. The second-order valence-electron chi connectivity index (χ2n) is 7.44. The molecule has 2 aliphatic rings. The molecule has 0 bridgehead atoms. The lowest BCUT2D eigenvalue weighted by Gasteiger charge is -2.51. The summed E-state index contributed by atoms with van der Waals surface area (Å²) < 4.78 is 6.07. The summed E-state index contributed by atoms with van der Waals surface area (Å²) in [6, 6.07) is 0.638. The molecule has 0 aromatic heterocycles. The van der Waals surface area contributed by atoms with E-state index in [1.807, 2.05) is 0 Å². The predicted molar refractivity (Wildman–Crippen MR) is 76.8 cm³/mol. The fraction of sp³-hybridized carbons (Fsp3) is 1.00. The summed E-state index contributed by atoms with van der Waals surface area (Å²) in [7, 11) is 0. The van der Waals surface area contributed by atoms with Gasteiger partial charge in [-0.3, -0.25) is 0 Å². The van der Waals surface area contributed by atoms with Crippen LogP contribution in [-0.4, -0.2) is 24.8 Å². The van der Waals surface area contributed by atoms with E-state index in [4.69, 9.17) is 4.74 Å². The molecule has 1 heterocycles. The van der Waals surface area contributed by atoms with Crippen LogP contribution in [0.2, 0.25) is 0 Å². The molecular weight excluding hydrogens is 222 g/mol. The summed E-state index contributed by atoms with van der Waals surface area (Å²) in [5.74, 6) is 0.797. The summed E-state index contributed by atoms with van der Waals surface area (Å²) >= 11 is 0. The SMILES string of the molecule is CCCNC(C1CCOC2(CCC2)C1)C(C)(C)C. The van der Waals surface area contributed by atoms with Gasteiger partial charge in [-0.05, 0) is 56.4 Å². The van der Waals surface area contributed by atoms with E-state index in [1.54, 1.807) is 0 Å². The van der Waals surface area contributed by atoms with E-state index in [-0.39, 0.29) is 5.60 Å². The molecule has 18 heavy (non-hydrogen) atoms. The van der Waals surface area contributed by atoms with Gasteiger partial charge in [0.2, 0.25) is 0 Å². The average molecular weight is 253 g/mol. The highest BCUT2D eigenvalue weighted by Crippen LogP contribution is 2.46. The third kappa shape index (κ3) is 3.08. The molecule has 1 spiro atoms. The molecule has 1 N–H and O–H groups in total. The van der Waals surface area contributed by atoms with Crippen molar-refractivity contribution in [1.82, 2.24) is 5.32 Å². The summed E-state index contributed by atoms with van der Waals surface area (Å²) in [6.07, 6.45) is 7.71. The standard InChI is InChI=1S/C16H31NO/c1-5-10-17-14(15(2,3)4)13-7-11-18-16(12-13)8-6-9-16/h13-14,17H,5-12H2,1-4H3. The topological polar surface area (TPSA) is 21.3 Å². The number of hydrogen-bond donors (Lipinski definition) is 1. The van der Waals surface area contributed by atoms with E-state index in [9.17, 15) is 0 Å². The number of hydrogen-bond acceptors (Lipinski definition) is 2. The fourth-order valence-electron chi connectivity index (χ4n) is 3.75. The molecule has 106 valence electrons. The number of ether oxygens (including phenoxy) is 1. The zero-order valence-corrected chi connectivity index (χ0v) is 12.7. The van der Waals surface area contributed by atoms with Gasteiger partial charge in [-0.25, -0.2) is 0 Å². The largest absolute Gasteiger partial charge is 0.375 e. The van der Waals surface area contributed by atoms with Gasteiger partial charge in [-0.2, -0.15) is 0 Å². The van der Waals surface area contributed by atoms with Crippen LogP contribution in [0.15, 0.2) is 0 Å². The van der Waals surface area contributed by atoms with Crippen molar-refractivity contribution < 1.29 is 4.74 Å². The highest BCUT2D eigenvalue weighted by atomic mass is 16.5. The van der Waals surface area contributed by atoms with Crippen molar-refractivity contribution in [3.63, 3.8) is 0 Å². The summed E-state index contributed by atoms with van der Waals surface area (Å²) in [5, 5.41) is 3.81. The Bertz CT molecular complexity index is 265. The Hall–Kier alpha value is -0.0800. The molecule has 0 aromatic carbocycles. The molecular formula is C16H31NO. The van der Waals surface area contributed by atoms with Gasteiger partial charge < -0.3 is 10.1 Å². The average Bonchev–Trinajstić information content (AvgIpc) is 2.26. The van der Waals surface area contributed by atoms with Crippen LogP contribution in [0.5, 0.6) is 0 Å². The number of rotatable bonds is 4. The lowest BCUT2D eigenvalue weighted by atomic mass is 9.67. The van der Waals surface area contributed by atoms with Gasteiger partial charge in [0.05, 0.1) is 5.60 Å². The molecule has 2 nitrogen and oxygen atoms in total. The van der Waals surface area contributed by atoms with E-state index in [1.165, 1.54) is 38.5 Å². The molecule has 2 fully saturated rings. The van der Waals surface area contributed by atoms with Gasteiger partial charge in [-0.15, -0.1) is 0 Å². The highest BCUT2D eigenvalue weighted by Gasteiger charge is 2.45. The van der Waals surface area contributed by atoms with Crippen LogP contribution < -0.4 is 5.32 Å². The Morgan fingerprint density at radius 2 is 2.06 bits per heavy atom. The molecule has 0 aromatic rings. The fourth-order valence-corrected chi connectivity index (χ4v) is 3.75. The zero-order valence-electron chi connectivity index (χ0n) is 12.7. The van der Waals surface area contributed by atoms with Crippen LogP contribution in [0.4, 0.5) is 0 Å². The van der Waals surface area contributed by atoms with Crippen LogP contribution in [0.1, 0.15) is 66.2 Å². The maximum atomic E-state index is 6.07. The lowest BCUT2D eigenvalue weighted by molar-refractivity contribution is -0.151. The normalized spacial score (nSPS) is 29.0. The van der Waals surface area contributed by atoms with E-state index >= 15 is 0 Å². The smallest absolute Gasteiger partial charge is 0.0685 e. The monoisotopic (exact) mass is 253 g/mol. The summed E-state index contributed by atoms with van der Waals surface area (Å²) in [6.45, 7) is 11.5. The minimum atomic E-state index is 0.278. The molecule has 2 unspecified atom stereocenters. The first-order chi connectivity index (χ1) is 8.47. The molecule has 0 radical (unpaired) electrons. The minimum absolute atomic E-state index is 0.278. The first-order valence-corrected chi connectivity index (χ1v) is 7.84. The molecule has 1 aliphatic carbocycles. The third-order valence-electron chi connectivity index (χ3n) is 4.81. The van der Waals surface area contributed by atoms with Crippen molar-refractivity contribution in [1.29, 1.82) is 0 Å². The Morgan fingerprint density at radius 3 is 2.56 bits per heavy atom. The Labute approximate surface area is 113 Å². The van der Waals surface area contributed by atoms with Crippen LogP contribution in [0.25, 0.3) is 0 Å².